The van der Waals surface area contributed by atoms with E-state index in [4.69, 9.17) is 4.74 Å². The van der Waals surface area contributed by atoms with Crippen LogP contribution in [0.1, 0.15) is 0 Å². The molecule has 0 saturated carbocycles. The van der Waals surface area contributed by atoms with Gasteiger partial charge in [-0.25, -0.2) is 4.39 Å². The highest BCUT2D eigenvalue weighted by atomic mass is 79.9. The van der Waals surface area contributed by atoms with Crippen molar-refractivity contribution in [2.45, 2.75) is 0 Å². The summed E-state index contributed by atoms with van der Waals surface area (Å²) in [6.07, 6.45) is 0. The fourth-order valence-electron chi connectivity index (χ4n) is 1.55. The van der Waals surface area contributed by atoms with Gasteiger partial charge in [0, 0.05) is 16.7 Å². The molecule has 0 spiro atoms. The molecule has 0 aliphatic heterocycles. The molecule has 0 amide bonds. The quantitative estimate of drug-likeness (QED) is 0.740. The molecule has 0 radical (unpaired) electrons. The number of hydrogen-bond acceptors (Lipinski definition) is 2. The Morgan fingerprint density at radius 2 is 1.95 bits per heavy atom. The Kier molecular flexibility index (Phi) is 5.22. The second kappa shape index (κ2) is 6.91. The third-order valence-electron chi connectivity index (χ3n) is 2.41. The van der Waals surface area contributed by atoms with Crippen LogP contribution < -0.4 is 10.1 Å². The summed E-state index contributed by atoms with van der Waals surface area (Å²) in [4.78, 5) is 0. The van der Waals surface area contributed by atoms with Crippen molar-refractivity contribution in [1.82, 2.24) is 0 Å². The molecule has 19 heavy (non-hydrogen) atoms. The van der Waals surface area contributed by atoms with Crippen LogP contribution >= 0.6 is 31.9 Å². The SMILES string of the molecule is Fc1ccc(OCCNc2cccc(Br)c2)c(Br)c1. The molecule has 2 nitrogen and oxygen atoms in total. The maximum absolute atomic E-state index is 12.9. The predicted octanol–water partition coefficient (Wildman–Crippen LogP) is 4.84. The number of anilines is 1. The molecule has 0 aliphatic carbocycles. The van der Waals surface area contributed by atoms with Gasteiger partial charge in [0.25, 0.3) is 0 Å². The van der Waals surface area contributed by atoms with Crippen LogP contribution in [0, 0.1) is 5.82 Å². The minimum Gasteiger partial charge on any atom is -0.491 e. The molecule has 2 aromatic rings. The van der Waals surface area contributed by atoms with Crippen LogP contribution in [0.2, 0.25) is 0 Å². The molecule has 2 aromatic carbocycles. The van der Waals surface area contributed by atoms with Crippen molar-refractivity contribution in [3.8, 4) is 5.75 Å². The Morgan fingerprint density at radius 1 is 1.11 bits per heavy atom. The van der Waals surface area contributed by atoms with Crippen LogP contribution in [0.15, 0.2) is 51.4 Å². The van der Waals surface area contributed by atoms with Gasteiger partial charge >= 0.3 is 0 Å². The van der Waals surface area contributed by atoms with Gasteiger partial charge in [0.2, 0.25) is 0 Å². The first-order valence-electron chi connectivity index (χ1n) is 5.72. The molecule has 2 rings (SSSR count). The zero-order valence-electron chi connectivity index (χ0n) is 10.00. The number of hydrogen-bond donors (Lipinski definition) is 1. The second-order valence-corrected chi connectivity index (χ2v) is 5.63. The summed E-state index contributed by atoms with van der Waals surface area (Å²) in [6.45, 7) is 1.16. The summed E-state index contributed by atoms with van der Waals surface area (Å²) in [5, 5.41) is 3.24. The molecule has 0 fully saturated rings. The molecule has 0 aliphatic rings. The average molecular weight is 389 g/mol. The van der Waals surface area contributed by atoms with Crippen molar-refractivity contribution in [3.63, 3.8) is 0 Å². The summed E-state index contributed by atoms with van der Waals surface area (Å²) < 4.78 is 20.1. The van der Waals surface area contributed by atoms with Gasteiger partial charge in [-0.3, -0.25) is 0 Å². The average Bonchev–Trinajstić information content (AvgIpc) is 2.37. The van der Waals surface area contributed by atoms with E-state index >= 15 is 0 Å². The monoisotopic (exact) mass is 387 g/mol. The number of ether oxygens (including phenoxy) is 1. The van der Waals surface area contributed by atoms with Crippen LogP contribution in [0.25, 0.3) is 0 Å². The molecular weight excluding hydrogens is 377 g/mol. The maximum Gasteiger partial charge on any atom is 0.133 e. The van der Waals surface area contributed by atoms with E-state index in [0.29, 0.717) is 23.4 Å². The Labute approximate surface area is 128 Å². The summed E-state index contributed by atoms with van der Waals surface area (Å²) >= 11 is 6.67. The standard InChI is InChI=1S/C14H12Br2FNO/c15-10-2-1-3-12(8-10)18-6-7-19-14-5-4-11(17)9-13(14)16/h1-5,8-9,18H,6-7H2. The van der Waals surface area contributed by atoms with E-state index in [1.807, 2.05) is 24.3 Å². The number of rotatable bonds is 5. The third-order valence-corrected chi connectivity index (χ3v) is 3.52. The molecule has 0 atom stereocenters. The van der Waals surface area contributed by atoms with E-state index in [2.05, 4.69) is 37.2 Å². The maximum atomic E-state index is 12.9. The van der Waals surface area contributed by atoms with E-state index < -0.39 is 0 Å². The summed E-state index contributed by atoms with van der Waals surface area (Å²) in [5.74, 6) is 0.351. The summed E-state index contributed by atoms with van der Waals surface area (Å²) in [6, 6.07) is 12.3. The molecule has 0 bridgehead atoms. The van der Waals surface area contributed by atoms with Crippen LogP contribution in [0.3, 0.4) is 0 Å². The first-order valence-corrected chi connectivity index (χ1v) is 7.31. The minimum atomic E-state index is -0.286. The van der Waals surface area contributed by atoms with Crippen LogP contribution in [-0.4, -0.2) is 13.2 Å². The van der Waals surface area contributed by atoms with Gasteiger partial charge in [0.1, 0.15) is 18.2 Å². The third kappa shape index (κ3) is 4.51. The molecule has 0 unspecified atom stereocenters. The molecule has 5 heteroatoms. The number of benzene rings is 2. The highest BCUT2D eigenvalue weighted by Gasteiger charge is 2.02. The normalized spacial score (nSPS) is 10.3. The predicted molar refractivity (Wildman–Crippen MR) is 82.2 cm³/mol. The lowest BCUT2D eigenvalue weighted by atomic mass is 10.3. The van der Waals surface area contributed by atoms with Gasteiger partial charge in [-0.05, 0) is 52.3 Å². The topological polar surface area (TPSA) is 21.3 Å². The second-order valence-electron chi connectivity index (χ2n) is 3.86. The van der Waals surface area contributed by atoms with Gasteiger partial charge in [0.05, 0.1) is 4.47 Å². The molecule has 100 valence electrons. The van der Waals surface area contributed by atoms with Crippen LogP contribution in [0.5, 0.6) is 5.75 Å². The van der Waals surface area contributed by atoms with E-state index in [1.54, 1.807) is 6.07 Å². The van der Waals surface area contributed by atoms with Crippen molar-refractivity contribution in [2.24, 2.45) is 0 Å². The van der Waals surface area contributed by atoms with Crippen molar-refractivity contribution in [2.75, 3.05) is 18.5 Å². The summed E-state index contributed by atoms with van der Waals surface area (Å²) in [5.41, 5.74) is 1.02. The lowest BCUT2D eigenvalue weighted by molar-refractivity contribution is 0.330. The highest BCUT2D eigenvalue weighted by Crippen LogP contribution is 2.25. The molecule has 0 heterocycles. The highest BCUT2D eigenvalue weighted by molar-refractivity contribution is 9.10. The Balaban J connectivity index is 1.81. The van der Waals surface area contributed by atoms with Gasteiger partial charge < -0.3 is 10.1 Å². The van der Waals surface area contributed by atoms with E-state index in [0.717, 1.165) is 10.2 Å². The molecular formula is C14H12Br2FNO. The Hall–Kier alpha value is -1.07. The zero-order chi connectivity index (χ0) is 13.7. The van der Waals surface area contributed by atoms with Crippen LogP contribution in [-0.2, 0) is 0 Å². The van der Waals surface area contributed by atoms with Gasteiger partial charge in [-0.1, -0.05) is 22.0 Å². The lowest BCUT2D eigenvalue weighted by Gasteiger charge is -2.10. The van der Waals surface area contributed by atoms with Crippen molar-refractivity contribution in [1.29, 1.82) is 0 Å². The van der Waals surface area contributed by atoms with Crippen LogP contribution in [0.4, 0.5) is 10.1 Å². The fourth-order valence-corrected chi connectivity index (χ4v) is 2.41. The fraction of sp³-hybridized carbons (Fsp3) is 0.143. The minimum absolute atomic E-state index is 0.286. The molecule has 0 aromatic heterocycles. The van der Waals surface area contributed by atoms with E-state index in [-0.39, 0.29) is 5.82 Å². The van der Waals surface area contributed by atoms with Gasteiger partial charge in [-0.15, -0.1) is 0 Å². The van der Waals surface area contributed by atoms with Gasteiger partial charge in [0.15, 0.2) is 0 Å². The summed E-state index contributed by atoms with van der Waals surface area (Å²) in [7, 11) is 0. The number of nitrogens with one attached hydrogen (secondary N) is 1. The lowest BCUT2D eigenvalue weighted by Crippen LogP contribution is -2.11. The first-order chi connectivity index (χ1) is 9.15. The number of halogens is 3. The molecule has 0 saturated heterocycles. The Morgan fingerprint density at radius 3 is 2.68 bits per heavy atom. The largest absolute Gasteiger partial charge is 0.491 e. The van der Waals surface area contributed by atoms with Crippen molar-refractivity contribution >= 4 is 37.5 Å². The zero-order valence-corrected chi connectivity index (χ0v) is 13.2. The van der Waals surface area contributed by atoms with Crippen molar-refractivity contribution < 1.29 is 9.13 Å². The smallest absolute Gasteiger partial charge is 0.133 e. The first kappa shape index (κ1) is 14.3. The van der Waals surface area contributed by atoms with E-state index in [1.165, 1.54) is 12.1 Å². The Bertz CT molecular complexity index is 563. The molecule has 1 N–H and O–H groups in total. The van der Waals surface area contributed by atoms with E-state index in [9.17, 15) is 4.39 Å². The van der Waals surface area contributed by atoms with Crippen molar-refractivity contribution in [3.05, 3.63) is 57.2 Å². The van der Waals surface area contributed by atoms with Gasteiger partial charge in [-0.2, -0.15) is 0 Å².